The Labute approximate surface area is 229 Å². The summed E-state index contributed by atoms with van der Waals surface area (Å²) in [6.07, 6.45) is 5.47. The lowest BCUT2D eigenvalue weighted by Crippen LogP contribution is -2.13. The molecule has 0 aliphatic rings. The number of hydrogen-bond donors (Lipinski definition) is 1. The highest BCUT2D eigenvalue weighted by atomic mass is 35.5. The number of halogens is 1. The van der Waals surface area contributed by atoms with Gasteiger partial charge in [0.25, 0.3) is 5.91 Å². The minimum atomic E-state index is -0.583. The second-order valence-corrected chi connectivity index (χ2v) is 9.88. The van der Waals surface area contributed by atoms with Crippen molar-refractivity contribution in [2.24, 2.45) is 0 Å². The molecule has 2 aromatic heterocycles. The molecule has 0 bridgehead atoms. The Morgan fingerprint density at radius 3 is 2.74 bits per heavy atom. The number of furan rings is 1. The number of carbonyl (C=O) groups is 2. The second kappa shape index (κ2) is 12.9. The van der Waals surface area contributed by atoms with Gasteiger partial charge in [-0.05, 0) is 48.4 Å². The number of aromatic nitrogens is 1. The maximum Gasteiger partial charge on any atom is 0.338 e. The molecule has 1 amide bonds. The van der Waals surface area contributed by atoms with Crippen LogP contribution < -0.4 is 5.32 Å². The number of hydrogen-bond acceptors (Lipinski definition) is 7. The quantitative estimate of drug-likeness (QED) is 0.0981. The van der Waals surface area contributed by atoms with Crippen LogP contribution in [0.2, 0.25) is 5.02 Å². The lowest BCUT2D eigenvalue weighted by atomic mass is 10.1. The molecule has 4 rings (SSSR count). The number of benzene rings is 2. The first-order chi connectivity index (χ1) is 18.4. The number of thiazole rings is 1. The normalized spacial score (nSPS) is 11.1. The maximum atomic E-state index is 12.7. The molecule has 0 spiro atoms. The number of anilines is 1. The van der Waals surface area contributed by atoms with E-state index in [0.29, 0.717) is 40.3 Å². The molecule has 0 saturated heterocycles. The van der Waals surface area contributed by atoms with Crippen LogP contribution >= 0.6 is 22.9 Å². The highest BCUT2D eigenvalue weighted by Crippen LogP contribution is 2.25. The molecule has 38 heavy (non-hydrogen) atoms. The summed E-state index contributed by atoms with van der Waals surface area (Å²) in [5, 5.41) is 13.3. The Bertz CT molecular complexity index is 1500. The fourth-order valence-corrected chi connectivity index (χ4v) is 4.55. The van der Waals surface area contributed by atoms with E-state index in [0.717, 1.165) is 28.8 Å². The molecular weight excluding hydrogens is 522 g/mol. The summed E-state index contributed by atoms with van der Waals surface area (Å²) in [7, 11) is 0. The first-order valence-corrected chi connectivity index (χ1v) is 13.1. The van der Waals surface area contributed by atoms with Crippen molar-refractivity contribution in [3.63, 3.8) is 0 Å². The average molecular weight is 546 g/mol. The zero-order valence-electron chi connectivity index (χ0n) is 20.6. The van der Waals surface area contributed by atoms with Crippen molar-refractivity contribution in [1.29, 1.82) is 5.26 Å². The molecule has 0 aliphatic carbocycles. The van der Waals surface area contributed by atoms with Gasteiger partial charge in [-0.2, -0.15) is 5.26 Å². The molecule has 2 aromatic carbocycles. The van der Waals surface area contributed by atoms with Crippen LogP contribution in [0.1, 0.15) is 46.3 Å². The first-order valence-electron chi connectivity index (χ1n) is 11.9. The van der Waals surface area contributed by atoms with Crippen molar-refractivity contribution < 1.29 is 18.7 Å². The lowest BCUT2D eigenvalue weighted by molar-refractivity contribution is -0.112. The molecule has 192 valence electrons. The highest BCUT2D eigenvalue weighted by Gasteiger charge is 2.14. The molecular formula is C29H24ClN3O4S. The summed E-state index contributed by atoms with van der Waals surface area (Å²) in [5.74, 6) is -0.0736. The van der Waals surface area contributed by atoms with Crippen LogP contribution in [0.5, 0.6) is 0 Å². The van der Waals surface area contributed by atoms with Crippen LogP contribution in [0.15, 0.2) is 76.9 Å². The van der Waals surface area contributed by atoms with Crippen LogP contribution in [0.4, 0.5) is 5.13 Å². The van der Waals surface area contributed by atoms with Gasteiger partial charge >= 0.3 is 5.97 Å². The molecule has 1 N–H and O–H groups in total. The van der Waals surface area contributed by atoms with E-state index < -0.39 is 5.91 Å². The van der Waals surface area contributed by atoms with E-state index in [-0.39, 0.29) is 11.5 Å². The zero-order chi connectivity index (χ0) is 26.9. The standard InChI is InChI=1S/C29H24ClN3O4S/c1-2-3-13-36-28(35)21-9-7-20(8-10-21)26-12-11-24(37-26)16-22(17-31)27(34)33-29-32-18-25(38-29)15-19-5-4-6-23(30)14-19/h4-12,14,16,18H,2-3,13,15H2,1H3,(H,32,33,34)/b22-16+. The van der Waals surface area contributed by atoms with E-state index >= 15 is 0 Å². The molecule has 0 radical (unpaired) electrons. The molecule has 0 atom stereocenters. The summed E-state index contributed by atoms with van der Waals surface area (Å²) >= 11 is 7.37. The Hall–Kier alpha value is -4.19. The van der Waals surface area contributed by atoms with Crippen LogP contribution in [-0.2, 0) is 16.0 Å². The van der Waals surface area contributed by atoms with Gasteiger partial charge in [0, 0.05) is 34.2 Å². The lowest BCUT2D eigenvalue weighted by Gasteiger charge is -2.04. The van der Waals surface area contributed by atoms with Gasteiger partial charge < -0.3 is 9.15 Å². The Kier molecular flexibility index (Phi) is 9.09. The Morgan fingerprint density at radius 1 is 1.18 bits per heavy atom. The predicted molar refractivity (Wildman–Crippen MR) is 148 cm³/mol. The van der Waals surface area contributed by atoms with Crippen LogP contribution in [0.25, 0.3) is 17.4 Å². The van der Waals surface area contributed by atoms with Crippen molar-refractivity contribution in [2.45, 2.75) is 26.2 Å². The third kappa shape index (κ3) is 7.19. The summed E-state index contributed by atoms with van der Waals surface area (Å²) in [6.45, 7) is 2.43. The minimum absolute atomic E-state index is 0.123. The minimum Gasteiger partial charge on any atom is -0.462 e. The molecule has 0 saturated carbocycles. The van der Waals surface area contributed by atoms with E-state index in [2.05, 4.69) is 10.3 Å². The number of nitrogens with one attached hydrogen (secondary N) is 1. The summed E-state index contributed by atoms with van der Waals surface area (Å²) in [5.41, 5.74) is 2.11. The maximum absolute atomic E-state index is 12.7. The SMILES string of the molecule is CCCCOC(=O)c1ccc(-c2ccc(/C=C(\C#N)C(=O)Nc3ncc(Cc4cccc(Cl)c4)s3)o2)cc1. The Balaban J connectivity index is 1.39. The smallest absolute Gasteiger partial charge is 0.338 e. The van der Waals surface area contributed by atoms with Crippen molar-refractivity contribution in [2.75, 3.05) is 11.9 Å². The van der Waals surface area contributed by atoms with E-state index in [1.54, 1.807) is 42.6 Å². The predicted octanol–water partition coefficient (Wildman–Crippen LogP) is 7.15. The zero-order valence-corrected chi connectivity index (χ0v) is 22.1. The van der Waals surface area contributed by atoms with Gasteiger partial charge in [0.15, 0.2) is 5.13 Å². The summed E-state index contributed by atoms with van der Waals surface area (Å²) in [4.78, 5) is 30.0. The van der Waals surface area contributed by atoms with Crippen molar-refractivity contribution in [1.82, 2.24) is 4.98 Å². The number of carbonyl (C=O) groups excluding carboxylic acids is 2. The second-order valence-electron chi connectivity index (χ2n) is 8.33. The summed E-state index contributed by atoms with van der Waals surface area (Å²) < 4.78 is 11.0. The van der Waals surface area contributed by atoms with E-state index in [4.69, 9.17) is 20.8 Å². The molecule has 0 fully saturated rings. The highest BCUT2D eigenvalue weighted by molar-refractivity contribution is 7.15. The number of nitrogens with zero attached hydrogens (tertiary/aromatic N) is 2. The van der Waals surface area contributed by atoms with Crippen molar-refractivity contribution in [3.05, 3.63) is 99.2 Å². The number of ether oxygens (including phenoxy) is 1. The van der Waals surface area contributed by atoms with Crippen molar-refractivity contribution in [3.8, 4) is 17.4 Å². The number of rotatable bonds is 10. The number of esters is 1. The fraction of sp³-hybridized carbons (Fsp3) is 0.172. The average Bonchev–Trinajstić information content (AvgIpc) is 3.57. The molecule has 4 aromatic rings. The number of amides is 1. The monoisotopic (exact) mass is 545 g/mol. The number of unbranched alkanes of at least 4 members (excludes halogenated alkanes) is 1. The summed E-state index contributed by atoms with van der Waals surface area (Å²) in [6, 6.07) is 19.7. The van der Waals surface area contributed by atoms with E-state index in [1.165, 1.54) is 17.4 Å². The largest absolute Gasteiger partial charge is 0.462 e. The number of nitriles is 1. The van der Waals surface area contributed by atoms with Gasteiger partial charge in [0.2, 0.25) is 0 Å². The Morgan fingerprint density at radius 2 is 2.00 bits per heavy atom. The molecule has 7 nitrogen and oxygen atoms in total. The fourth-order valence-electron chi connectivity index (χ4n) is 3.50. The first kappa shape index (κ1) is 26.9. The van der Waals surface area contributed by atoms with Gasteiger partial charge in [0.05, 0.1) is 12.2 Å². The van der Waals surface area contributed by atoms with E-state index in [1.807, 2.05) is 37.3 Å². The van der Waals surface area contributed by atoms with Gasteiger partial charge in [0.1, 0.15) is 23.2 Å². The molecule has 0 unspecified atom stereocenters. The molecule has 9 heteroatoms. The topological polar surface area (TPSA) is 105 Å². The third-order valence-corrected chi connectivity index (χ3v) is 6.60. The van der Waals surface area contributed by atoms with Gasteiger partial charge in [-0.15, -0.1) is 11.3 Å². The third-order valence-electron chi connectivity index (χ3n) is 5.46. The van der Waals surface area contributed by atoms with Crippen molar-refractivity contribution >= 4 is 46.0 Å². The van der Waals surface area contributed by atoms with E-state index in [9.17, 15) is 14.9 Å². The van der Waals surface area contributed by atoms with Gasteiger partial charge in [-0.1, -0.05) is 49.2 Å². The van der Waals surface area contributed by atoms with Gasteiger partial charge in [-0.3, -0.25) is 10.1 Å². The molecule has 0 aliphatic heterocycles. The van der Waals surface area contributed by atoms with Crippen LogP contribution in [-0.4, -0.2) is 23.5 Å². The van der Waals surface area contributed by atoms with Crippen LogP contribution in [0, 0.1) is 11.3 Å². The molecule has 2 heterocycles. The van der Waals surface area contributed by atoms with Crippen LogP contribution in [0.3, 0.4) is 0 Å². The van der Waals surface area contributed by atoms with Gasteiger partial charge in [-0.25, -0.2) is 9.78 Å².